The third kappa shape index (κ3) is 4.09. The Morgan fingerprint density at radius 3 is 2.68 bits per heavy atom. The monoisotopic (exact) mass is 397 g/mol. The molecule has 28 heavy (non-hydrogen) atoms. The van der Waals surface area contributed by atoms with Gasteiger partial charge in [0, 0.05) is 25.1 Å². The summed E-state index contributed by atoms with van der Waals surface area (Å²) in [5.74, 6) is 2.13. The van der Waals surface area contributed by atoms with Crippen LogP contribution >= 0.6 is 11.3 Å². The summed E-state index contributed by atoms with van der Waals surface area (Å²) in [7, 11) is 0. The number of hydrogen-bond donors (Lipinski definition) is 0. The van der Waals surface area contributed by atoms with Crippen molar-refractivity contribution in [3.8, 4) is 5.75 Å². The van der Waals surface area contributed by atoms with Gasteiger partial charge in [0.15, 0.2) is 0 Å². The Balaban J connectivity index is 1.36. The molecule has 4 rings (SSSR count). The Morgan fingerprint density at radius 1 is 1.25 bits per heavy atom. The van der Waals surface area contributed by atoms with Crippen LogP contribution in [0.1, 0.15) is 50.6 Å². The third-order valence-corrected chi connectivity index (χ3v) is 6.09. The van der Waals surface area contributed by atoms with E-state index in [1.807, 2.05) is 55.1 Å². The summed E-state index contributed by atoms with van der Waals surface area (Å²) in [4.78, 5) is 20.1. The van der Waals surface area contributed by atoms with E-state index in [2.05, 4.69) is 10.1 Å². The van der Waals surface area contributed by atoms with Crippen molar-refractivity contribution < 1.29 is 14.1 Å². The number of amides is 1. The average molecular weight is 398 g/mol. The molecule has 0 spiro atoms. The summed E-state index contributed by atoms with van der Waals surface area (Å²) in [5.41, 5.74) is 1.67. The smallest absolute Gasteiger partial charge is 0.265 e. The summed E-state index contributed by atoms with van der Waals surface area (Å²) in [6, 6.07) is 11.6. The first kappa shape index (κ1) is 18.7. The highest BCUT2D eigenvalue weighted by Gasteiger charge is 2.28. The first-order chi connectivity index (χ1) is 13.6. The van der Waals surface area contributed by atoms with E-state index in [0.717, 1.165) is 53.8 Å². The summed E-state index contributed by atoms with van der Waals surface area (Å²) in [6.45, 7) is 5.62. The number of para-hydroxylation sites is 1. The number of carbonyl (C=O) groups is 1. The highest BCUT2D eigenvalue weighted by Crippen LogP contribution is 2.30. The Labute approximate surface area is 168 Å². The number of aryl methyl sites for hydroxylation is 2. The van der Waals surface area contributed by atoms with Crippen LogP contribution in [0.5, 0.6) is 5.75 Å². The van der Waals surface area contributed by atoms with Crippen molar-refractivity contribution in [1.29, 1.82) is 0 Å². The van der Waals surface area contributed by atoms with Crippen LogP contribution in [0.15, 0.2) is 40.9 Å². The lowest BCUT2D eigenvalue weighted by molar-refractivity contribution is 0.0710. The molecule has 0 radical (unpaired) electrons. The predicted octanol–water partition coefficient (Wildman–Crippen LogP) is 4.35. The molecule has 1 fully saturated rings. The van der Waals surface area contributed by atoms with Crippen LogP contribution in [0.25, 0.3) is 0 Å². The van der Waals surface area contributed by atoms with Gasteiger partial charge in [-0.15, -0.1) is 11.3 Å². The van der Waals surface area contributed by atoms with E-state index >= 15 is 0 Å². The molecule has 0 bridgehead atoms. The molecule has 6 nitrogen and oxygen atoms in total. The van der Waals surface area contributed by atoms with Gasteiger partial charge in [-0.25, -0.2) is 4.98 Å². The number of hydrogen-bond acceptors (Lipinski definition) is 6. The van der Waals surface area contributed by atoms with Crippen LogP contribution < -0.4 is 4.74 Å². The second-order valence-electron chi connectivity index (χ2n) is 7.06. The van der Waals surface area contributed by atoms with Crippen LogP contribution in [0.4, 0.5) is 0 Å². The lowest BCUT2D eigenvalue weighted by Gasteiger charge is -2.30. The zero-order chi connectivity index (χ0) is 19.5. The fourth-order valence-corrected chi connectivity index (χ4v) is 4.41. The Kier molecular flexibility index (Phi) is 5.43. The molecule has 1 aliphatic heterocycles. The molecule has 1 aromatic carbocycles. The van der Waals surface area contributed by atoms with Gasteiger partial charge < -0.3 is 14.2 Å². The maximum atomic E-state index is 13.0. The molecular weight excluding hydrogens is 374 g/mol. The molecule has 3 heterocycles. The van der Waals surface area contributed by atoms with Crippen molar-refractivity contribution in [3.05, 3.63) is 63.4 Å². The van der Waals surface area contributed by atoms with E-state index in [-0.39, 0.29) is 5.91 Å². The van der Waals surface area contributed by atoms with Gasteiger partial charge in [-0.1, -0.05) is 23.4 Å². The van der Waals surface area contributed by atoms with Crippen molar-refractivity contribution in [2.45, 2.75) is 39.2 Å². The van der Waals surface area contributed by atoms with Crippen LogP contribution in [0, 0.1) is 13.8 Å². The zero-order valence-electron chi connectivity index (χ0n) is 16.1. The largest absolute Gasteiger partial charge is 0.486 e. The van der Waals surface area contributed by atoms with E-state index in [1.54, 1.807) is 0 Å². The van der Waals surface area contributed by atoms with Crippen LogP contribution in [0.2, 0.25) is 0 Å². The minimum Gasteiger partial charge on any atom is -0.486 e. The van der Waals surface area contributed by atoms with Crippen molar-refractivity contribution in [3.63, 3.8) is 0 Å². The first-order valence-electron chi connectivity index (χ1n) is 9.47. The molecule has 1 saturated heterocycles. The van der Waals surface area contributed by atoms with Crippen molar-refractivity contribution in [2.75, 3.05) is 13.1 Å². The van der Waals surface area contributed by atoms with Gasteiger partial charge in [-0.2, -0.15) is 0 Å². The predicted molar refractivity (Wildman–Crippen MR) is 107 cm³/mol. The highest BCUT2D eigenvalue weighted by molar-refractivity contribution is 7.13. The highest BCUT2D eigenvalue weighted by atomic mass is 32.1. The Bertz CT molecular complexity index is 943. The van der Waals surface area contributed by atoms with E-state index in [0.29, 0.717) is 17.4 Å². The molecule has 0 N–H and O–H groups in total. The number of piperidine rings is 1. The van der Waals surface area contributed by atoms with E-state index in [4.69, 9.17) is 9.26 Å². The summed E-state index contributed by atoms with van der Waals surface area (Å²) in [5, 5.41) is 4.79. The van der Waals surface area contributed by atoms with Crippen LogP contribution in [0.3, 0.4) is 0 Å². The second-order valence-corrected chi connectivity index (χ2v) is 8.14. The van der Waals surface area contributed by atoms with Crippen molar-refractivity contribution in [2.24, 2.45) is 0 Å². The van der Waals surface area contributed by atoms with Gasteiger partial charge in [0.05, 0.1) is 11.4 Å². The van der Waals surface area contributed by atoms with Gasteiger partial charge >= 0.3 is 0 Å². The number of ether oxygens (including phenoxy) is 1. The lowest BCUT2D eigenvalue weighted by atomic mass is 9.94. The third-order valence-electron chi connectivity index (χ3n) is 4.97. The number of rotatable bonds is 5. The average Bonchev–Trinajstić information content (AvgIpc) is 3.32. The molecule has 1 amide bonds. The van der Waals surface area contributed by atoms with Gasteiger partial charge in [-0.3, -0.25) is 4.79 Å². The number of thiazole rings is 1. The molecule has 0 aliphatic carbocycles. The van der Waals surface area contributed by atoms with Crippen molar-refractivity contribution >= 4 is 17.2 Å². The molecule has 146 valence electrons. The number of nitrogens with zero attached hydrogens (tertiary/aromatic N) is 3. The molecule has 3 aromatic rings. The molecule has 0 saturated carbocycles. The number of likely N-dealkylation sites (tertiary alicyclic amines) is 1. The minimum absolute atomic E-state index is 0.0631. The molecular formula is C21H23N3O3S. The number of aromatic nitrogens is 2. The fraction of sp³-hybridized carbons (Fsp3) is 0.381. The van der Waals surface area contributed by atoms with Crippen molar-refractivity contribution in [1.82, 2.24) is 15.0 Å². The molecule has 2 aromatic heterocycles. The fourth-order valence-electron chi connectivity index (χ4n) is 3.46. The van der Waals surface area contributed by atoms with E-state index < -0.39 is 0 Å². The quantitative estimate of drug-likeness (QED) is 0.640. The SMILES string of the molecule is Cc1cc(C2CCN(C(=O)c3sc(COc4ccccc4)nc3C)CC2)on1. The van der Waals surface area contributed by atoms with Gasteiger partial charge in [0.25, 0.3) is 5.91 Å². The minimum atomic E-state index is 0.0631. The van der Waals surface area contributed by atoms with Gasteiger partial charge in [-0.05, 0) is 38.8 Å². The first-order valence-corrected chi connectivity index (χ1v) is 10.3. The molecule has 7 heteroatoms. The summed E-state index contributed by atoms with van der Waals surface area (Å²) in [6.07, 6.45) is 1.78. The van der Waals surface area contributed by atoms with E-state index in [1.165, 1.54) is 11.3 Å². The Morgan fingerprint density at radius 2 is 2.00 bits per heavy atom. The normalized spacial score (nSPS) is 15.0. The second kappa shape index (κ2) is 8.14. The summed E-state index contributed by atoms with van der Waals surface area (Å²) < 4.78 is 11.2. The Hall–Kier alpha value is -2.67. The maximum absolute atomic E-state index is 13.0. The molecule has 0 unspecified atom stereocenters. The zero-order valence-corrected chi connectivity index (χ0v) is 16.9. The molecule has 0 atom stereocenters. The van der Waals surface area contributed by atoms with Gasteiger partial charge in [0.2, 0.25) is 0 Å². The van der Waals surface area contributed by atoms with Crippen LogP contribution in [-0.2, 0) is 6.61 Å². The standard InChI is InChI=1S/C21H23N3O3S/c1-14-12-18(27-23-14)16-8-10-24(11-9-16)21(25)20-15(2)22-19(28-20)13-26-17-6-4-3-5-7-17/h3-7,12,16H,8-11,13H2,1-2H3. The van der Waals surface area contributed by atoms with Gasteiger partial charge in [0.1, 0.15) is 28.0 Å². The topological polar surface area (TPSA) is 68.5 Å². The molecule has 1 aliphatic rings. The summed E-state index contributed by atoms with van der Waals surface area (Å²) >= 11 is 1.43. The number of benzene rings is 1. The van der Waals surface area contributed by atoms with E-state index in [9.17, 15) is 4.79 Å². The van der Waals surface area contributed by atoms with Crippen LogP contribution in [-0.4, -0.2) is 34.0 Å². The number of carbonyl (C=O) groups excluding carboxylic acids is 1. The lowest BCUT2D eigenvalue weighted by Crippen LogP contribution is -2.37. The maximum Gasteiger partial charge on any atom is 0.265 e.